The van der Waals surface area contributed by atoms with Crippen LogP contribution >= 0.6 is 11.3 Å². The number of aryl methyl sites for hydroxylation is 1. The van der Waals surface area contributed by atoms with Gasteiger partial charge in [-0.15, -0.1) is 0 Å². The van der Waals surface area contributed by atoms with E-state index in [9.17, 15) is 20.0 Å². The molecule has 1 aromatic carbocycles. The Hall–Kier alpha value is -2.25. The van der Waals surface area contributed by atoms with E-state index in [4.69, 9.17) is 0 Å². The highest BCUT2D eigenvalue weighted by Crippen LogP contribution is 2.20. The summed E-state index contributed by atoms with van der Waals surface area (Å²) in [6.07, 6.45) is -0.830. The van der Waals surface area contributed by atoms with Crippen molar-refractivity contribution < 1.29 is 14.8 Å². The molecule has 0 aliphatic rings. The molecule has 110 valence electrons. The molecule has 0 saturated carbocycles. The van der Waals surface area contributed by atoms with Gasteiger partial charge >= 0.3 is 0 Å². The molecule has 1 aromatic heterocycles. The third kappa shape index (κ3) is 3.65. The quantitative estimate of drug-likeness (QED) is 0.655. The van der Waals surface area contributed by atoms with Crippen molar-refractivity contribution in [2.24, 2.45) is 0 Å². The molecule has 2 aromatic rings. The number of thiophene rings is 1. The summed E-state index contributed by atoms with van der Waals surface area (Å²) in [6, 6.07) is 6.11. The summed E-state index contributed by atoms with van der Waals surface area (Å²) in [7, 11) is 0. The number of aliphatic hydroxyl groups excluding tert-OH is 1. The molecule has 7 heteroatoms. The minimum atomic E-state index is -0.830. The van der Waals surface area contributed by atoms with Crippen LogP contribution in [0.5, 0.6) is 0 Å². The first-order chi connectivity index (χ1) is 9.99. The molecule has 0 radical (unpaired) electrons. The number of hydrogen-bond acceptors (Lipinski definition) is 5. The zero-order valence-corrected chi connectivity index (χ0v) is 12.1. The van der Waals surface area contributed by atoms with Crippen molar-refractivity contribution in [2.75, 3.05) is 6.54 Å². The summed E-state index contributed by atoms with van der Waals surface area (Å²) < 4.78 is 0. The fraction of sp³-hybridized carbons (Fsp3) is 0.214. The highest BCUT2D eigenvalue weighted by Gasteiger charge is 2.20. The lowest BCUT2D eigenvalue weighted by atomic mass is 10.1. The molecule has 1 amide bonds. The number of nitro groups is 1. The van der Waals surface area contributed by atoms with Crippen LogP contribution < -0.4 is 5.32 Å². The Morgan fingerprint density at radius 3 is 2.86 bits per heavy atom. The van der Waals surface area contributed by atoms with Crippen molar-refractivity contribution in [1.82, 2.24) is 5.32 Å². The third-order valence-corrected chi connectivity index (χ3v) is 3.68. The third-order valence-electron chi connectivity index (χ3n) is 2.98. The Balaban J connectivity index is 2.10. The van der Waals surface area contributed by atoms with Crippen molar-refractivity contribution in [3.8, 4) is 0 Å². The predicted octanol–water partition coefficient (Wildman–Crippen LogP) is 2.43. The Morgan fingerprint density at radius 1 is 1.48 bits per heavy atom. The van der Waals surface area contributed by atoms with Gasteiger partial charge in [0.15, 0.2) is 0 Å². The Morgan fingerprint density at radius 2 is 2.24 bits per heavy atom. The van der Waals surface area contributed by atoms with Gasteiger partial charge in [-0.05, 0) is 40.9 Å². The second kappa shape index (κ2) is 6.47. The lowest BCUT2D eigenvalue weighted by molar-refractivity contribution is -0.385. The van der Waals surface area contributed by atoms with Crippen LogP contribution in [0.2, 0.25) is 0 Å². The van der Waals surface area contributed by atoms with Crippen LogP contribution in [0.4, 0.5) is 5.69 Å². The monoisotopic (exact) mass is 306 g/mol. The molecule has 2 rings (SSSR count). The summed E-state index contributed by atoms with van der Waals surface area (Å²) in [5.74, 6) is -0.570. The molecule has 0 fully saturated rings. The van der Waals surface area contributed by atoms with E-state index >= 15 is 0 Å². The fourth-order valence-electron chi connectivity index (χ4n) is 1.86. The molecule has 0 saturated heterocycles. The maximum Gasteiger partial charge on any atom is 0.282 e. The van der Waals surface area contributed by atoms with Crippen LogP contribution in [0.15, 0.2) is 35.0 Å². The number of nitrogens with one attached hydrogen (secondary N) is 1. The zero-order valence-electron chi connectivity index (χ0n) is 11.3. The van der Waals surface area contributed by atoms with Crippen molar-refractivity contribution in [3.63, 3.8) is 0 Å². The van der Waals surface area contributed by atoms with Crippen molar-refractivity contribution >= 4 is 22.9 Å². The van der Waals surface area contributed by atoms with Gasteiger partial charge in [-0.2, -0.15) is 11.3 Å². The van der Waals surface area contributed by atoms with Crippen molar-refractivity contribution in [3.05, 3.63) is 61.8 Å². The molecule has 2 N–H and O–H groups in total. The molecule has 0 aliphatic heterocycles. The standard InChI is InChI=1S/C14H14N2O4S/c1-9-2-3-12(16(19)20)11(6-9)14(18)15-7-13(17)10-4-5-21-8-10/h2-6,8,13,17H,7H2,1H3,(H,15,18). The topological polar surface area (TPSA) is 92.5 Å². The van der Waals surface area contributed by atoms with Gasteiger partial charge in [-0.3, -0.25) is 14.9 Å². The summed E-state index contributed by atoms with van der Waals surface area (Å²) >= 11 is 1.44. The largest absolute Gasteiger partial charge is 0.387 e. The van der Waals surface area contributed by atoms with E-state index in [0.717, 1.165) is 5.56 Å². The number of rotatable bonds is 5. The molecular weight excluding hydrogens is 292 g/mol. The first-order valence-electron chi connectivity index (χ1n) is 6.22. The van der Waals surface area contributed by atoms with Crippen LogP contribution in [0, 0.1) is 17.0 Å². The first-order valence-corrected chi connectivity index (χ1v) is 7.16. The van der Waals surface area contributed by atoms with Gasteiger partial charge in [0, 0.05) is 12.6 Å². The second-order valence-corrected chi connectivity index (χ2v) is 5.34. The van der Waals surface area contributed by atoms with E-state index in [1.807, 2.05) is 5.38 Å². The average molecular weight is 306 g/mol. The van der Waals surface area contributed by atoms with Crippen LogP contribution in [0.25, 0.3) is 0 Å². The van der Waals surface area contributed by atoms with Crippen molar-refractivity contribution in [1.29, 1.82) is 0 Å². The number of aliphatic hydroxyl groups is 1. The fourth-order valence-corrected chi connectivity index (χ4v) is 2.57. The van der Waals surface area contributed by atoms with Gasteiger partial charge in [-0.25, -0.2) is 0 Å². The van der Waals surface area contributed by atoms with E-state index in [1.165, 1.54) is 23.5 Å². The molecule has 1 heterocycles. The number of hydrogen-bond donors (Lipinski definition) is 2. The summed E-state index contributed by atoms with van der Waals surface area (Å²) in [4.78, 5) is 22.4. The number of carbonyl (C=O) groups is 1. The van der Waals surface area contributed by atoms with Gasteiger partial charge in [0.05, 0.1) is 11.0 Å². The number of carbonyl (C=O) groups excluding carboxylic acids is 1. The van der Waals surface area contributed by atoms with E-state index in [0.29, 0.717) is 5.56 Å². The molecule has 1 unspecified atom stereocenters. The summed E-state index contributed by atoms with van der Waals surface area (Å²) in [5, 5.41) is 27.0. The van der Waals surface area contributed by atoms with Crippen molar-refractivity contribution in [2.45, 2.75) is 13.0 Å². The number of nitrogens with zero attached hydrogens (tertiary/aromatic N) is 1. The van der Waals surface area contributed by atoms with Gasteiger partial charge in [0.1, 0.15) is 5.56 Å². The van der Waals surface area contributed by atoms with E-state index in [2.05, 4.69) is 5.32 Å². The highest BCUT2D eigenvalue weighted by molar-refractivity contribution is 7.07. The Kier molecular flexibility index (Phi) is 4.66. The maximum atomic E-state index is 12.1. The van der Waals surface area contributed by atoms with Gasteiger partial charge in [0.2, 0.25) is 0 Å². The molecule has 0 aliphatic carbocycles. The van der Waals surface area contributed by atoms with Crippen LogP contribution in [0.1, 0.15) is 27.6 Å². The van der Waals surface area contributed by atoms with Gasteiger partial charge in [0.25, 0.3) is 11.6 Å². The van der Waals surface area contributed by atoms with E-state index in [-0.39, 0.29) is 17.8 Å². The second-order valence-electron chi connectivity index (χ2n) is 4.56. The van der Waals surface area contributed by atoms with Gasteiger partial charge in [-0.1, -0.05) is 6.07 Å². The maximum absolute atomic E-state index is 12.1. The Labute approximate surface area is 125 Å². The highest BCUT2D eigenvalue weighted by atomic mass is 32.1. The lowest BCUT2D eigenvalue weighted by Crippen LogP contribution is -2.28. The summed E-state index contributed by atoms with van der Waals surface area (Å²) in [5.41, 5.74) is 1.21. The average Bonchev–Trinajstić information content (AvgIpc) is 2.98. The summed E-state index contributed by atoms with van der Waals surface area (Å²) in [6.45, 7) is 1.75. The molecule has 6 nitrogen and oxygen atoms in total. The molecular formula is C14H14N2O4S. The van der Waals surface area contributed by atoms with E-state index < -0.39 is 16.9 Å². The lowest BCUT2D eigenvalue weighted by Gasteiger charge is -2.11. The smallest absolute Gasteiger partial charge is 0.282 e. The zero-order chi connectivity index (χ0) is 15.4. The normalized spacial score (nSPS) is 11.9. The number of amides is 1. The van der Waals surface area contributed by atoms with Crippen LogP contribution in [0.3, 0.4) is 0 Å². The van der Waals surface area contributed by atoms with Gasteiger partial charge < -0.3 is 10.4 Å². The minimum Gasteiger partial charge on any atom is -0.387 e. The SMILES string of the molecule is Cc1ccc([N+](=O)[O-])c(C(=O)NCC(O)c2ccsc2)c1. The number of benzene rings is 1. The minimum absolute atomic E-state index is 0.000658. The first kappa shape index (κ1) is 15.1. The number of nitro benzene ring substituents is 1. The Bertz CT molecular complexity index is 655. The predicted molar refractivity (Wildman–Crippen MR) is 79.4 cm³/mol. The molecule has 21 heavy (non-hydrogen) atoms. The van der Waals surface area contributed by atoms with Crippen LogP contribution in [-0.4, -0.2) is 22.5 Å². The molecule has 1 atom stereocenters. The van der Waals surface area contributed by atoms with E-state index in [1.54, 1.807) is 24.4 Å². The van der Waals surface area contributed by atoms with Crippen LogP contribution in [-0.2, 0) is 0 Å². The molecule has 0 bridgehead atoms. The molecule has 0 spiro atoms.